The molecular formula is C27H32N2O6. The molecule has 1 fully saturated rings. The number of carbonyl (C=O) groups excluding carboxylic acids is 2. The highest BCUT2D eigenvalue weighted by Crippen LogP contribution is 2.45. The van der Waals surface area contributed by atoms with Crippen molar-refractivity contribution in [2.75, 3.05) is 26.9 Å². The van der Waals surface area contributed by atoms with Crippen molar-refractivity contribution >= 4 is 18.0 Å². The van der Waals surface area contributed by atoms with Crippen LogP contribution in [0.4, 0.5) is 4.79 Å². The maximum absolute atomic E-state index is 12.6. The monoisotopic (exact) mass is 480 g/mol. The molecular weight excluding hydrogens is 448 g/mol. The van der Waals surface area contributed by atoms with Gasteiger partial charge in [0.2, 0.25) is 5.91 Å². The number of carboxylic acid groups (broad SMARTS) is 1. The van der Waals surface area contributed by atoms with Crippen LogP contribution in [0.5, 0.6) is 0 Å². The number of aliphatic carboxylic acids is 1. The second-order valence-corrected chi connectivity index (χ2v) is 9.45. The average Bonchev–Trinajstić information content (AvgIpc) is 3.15. The largest absolute Gasteiger partial charge is 0.480 e. The van der Waals surface area contributed by atoms with Crippen LogP contribution in [0.15, 0.2) is 48.5 Å². The number of hydrogen-bond donors (Lipinski definition) is 3. The average molecular weight is 481 g/mol. The lowest BCUT2D eigenvalue weighted by Crippen LogP contribution is -2.48. The van der Waals surface area contributed by atoms with Gasteiger partial charge in [-0.05, 0) is 40.5 Å². The van der Waals surface area contributed by atoms with Crippen molar-refractivity contribution in [3.05, 3.63) is 59.7 Å². The summed E-state index contributed by atoms with van der Waals surface area (Å²) in [5.74, 6) is -1.44. The number of carboxylic acids is 1. The summed E-state index contributed by atoms with van der Waals surface area (Å²) in [6.07, 6.45) is 2.39. The summed E-state index contributed by atoms with van der Waals surface area (Å²) in [4.78, 5) is 36.5. The SMILES string of the molecule is COCCC(NC(=O)CC1(CNC(=O)OCC2c3ccccc3-c3ccccc32)CCC1)C(=O)O. The molecule has 1 saturated carbocycles. The van der Waals surface area contributed by atoms with E-state index < -0.39 is 18.1 Å². The first kappa shape index (κ1) is 24.7. The zero-order valence-corrected chi connectivity index (χ0v) is 19.9. The van der Waals surface area contributed by atoms with Gasteiger partial charge in [0.25, 0.3) is 0 Å². The van der Waals surface area contributed by atoms with Crippen molar-refractivity contribution in [2.24, 2.45) is 5.41 Å². The molecule has 0 radical (unpaired) electrons. The Kier molecular flexibility index (Phi) is 7.70. The molecule has 2 aliphatic rings. The molecule has 2 aliphatic carbocycles. The Morgan fingerprint density at radius 1 is 1.06 bits per heavy atom. The van der Waals surface area contributed by atoms with E-state index in [0.29, 0.717) is 6.54 Å². The van der Waals surface area contributed by atoms with Crippen LogP contribution in [0.25, 0.3) is 11.1 Å². The Labute approximate surface area is 205 Å². The molecule has 0 bridgehead atoms. The van der Waals surface area contributed by atoms with E-state index >= 15 is 0 Å². The van der Waals surface area contributed by atoms with Crippen molar-refractivity contribution in [3.63, 3.8) is 0 Å². The lowest BCUT2D eigenvalue weighted by atomic mass is 9.66. The highest BCUT2D eigenvalue weighted by atomic mass is 16.5. The molecule has 0 saturated heterocycles. The summed E-state index contributed by atoms with van der Waals surface area (Å²) in [5.41, 5.74) is 4.26. The predicted molar refractivity (Wildman–Crippen MR) is 130 cm³/mol. The summed E-state index contributed by atoms with van der Waals surface area (Å²) >= 11 is 0. The first-order valence-electron chi connectivity index (χ1n) is 12.0. The standard InChI is InChI=1S/C27H32N2O6/c1-34-14-11-23(25(31)32)29-24(30)15-27(12-6-13-27)17-28-26(33)35-16-22-20-9-4-2-7-18(20)19-8-3-5-10-21(19)22/h2-5,7-10,22-23H,6,11-17H2,1H3,(H,28,33)(H,29,30)(H,31,32). The minimum absolute atomic E-state index is 0.0170. The maximum Gasteiger partial charge on any atom is 0.407 e. The Morgan fingerprint density at radius 2 is 1.69 bits per heavy atom. The third kappa shape index (κ3) is 5.65. The lowest BCUT2D eigenvalue weighted by molar-refractivity contribution is -0.143. The summed E-state index contributed by atoms with van der Waals surface area (Å²) < 4.78 is 10.5. The molecule has 2 aromatic rings. The van der Waals surface area contributed by atoms with Crippen LogP contribution in [-0.2, 0) is 19.1 Å². The molecule has 0 aromatic heterocycles. The van der Waals surface area contributed by atoms with Crippen molar-refractivity contribution < 1.29 is 29.0 Å². The third-order valence-corrected chi connectivity index (χ3v) is 7.15. The van der Waals surface area contributed by atoms with E-state index in [1.807, 2.05) is 24.3 Å². The van der Waals surface area contributed by atoms with Gasteiger partial charge in [0.05, 0.1) is 0 Å². The number of nitrogens with one attached hydrogen (secondary N) is 2. The molecule has 4 rings (SSSR count). The van der Waals surface area contributed by atoms with Crippen molar-refractivity contribution in [2.45, 2.75) is 44.1 Å². The minimum atomic E-state index is -1.09. The predicted octanol–water partition coefficient (Wildman–Crippen LogP) is 3.69. The molecule has 0 heterocycles. The summed E-state index contributed by atoms with van der Waals surface area (Å²) in [6, 6.07) is 15.3. The van der Waals surface area contributed by atoms with Crippen LogP contribution >= 0.6 is 0 Å². The Morgan fingerprint density at radius 3 is 2.23 bits per heavy atom. The Balaban J connectivity index is 1.29. The number of benzene rings is 2. The minimum Gasteiger partial charge on any atom is -0.480 e. The molecule has 0 aliphatic heterocycles. The van der Waals surface area contributed by atoms with Gasteiger partial charge >= 0.3 is 12.1 Å². The van der Waals surface area contributed by atoms with Crippen molar-refractivity contribution in [1.29, 1.82) is 0 Å². The number of methoxy groups -OCH3 is 1. The number of carbonyl (C=O) groups is 3. The molecule has 8 nitrogen and oxygen atoms in total. The highest BCUT2D eigenvalue weighted by molar-refractivity contribution is 5.84. The van der Waals surface area contributed by atoms with E-state index in [2.05, 4.69) is 34.9 Å². The van der Waals surface area contributed by atoms with Crippen molar-refractivity contribution in [3.8, 4) is 11.1 Å². The van der Waals surface area contributed by atoms with Gasteiger partial charge < -0.3 is 25.2 Å². The lowest BCUT2D eigenvalue weighted by Gasteiger charge is -2.41. The second-order valence-electron chi connectivity index (χ2n) is 9.45. The van der Waals surface area contributed by atoms with Crippen LogP contribution in [0.2, 0.25) is 0 Å². The van der Waals surface area contributed by atoms with Crippen molar-refractivity contribution in [1.82, 2.24) is 10.6 Å². The van der Waals surface area contributed by atoms with Crippen LogP contribution in [0, 0.1) is 5.41 Å². The fraction of sp³-hybridized carbons (Fsp3) is 0.444. The number of fused-ring (bicyclic) bond motifs is 3. The molecule has 3 N–H and O–H groups in total. The first-order valence-corrected chi connectivity index (χ1v) is 12.0. The third-order valence-electron chi connectivity index (χ3n) is 7.15. The summed E-state index contributed by atoms with van der Waals surface area (Å²) in [6.45, 7) is 0.784. The van der Waals surface area contributed by atoms with E-state index in [1.54, 1.807) is 0 Å². The summed E-state index contributed by atoms with van der Waals surface area (Å²) in [5, 5.41) is 14.7. The highest BCUT2D eigenvalue weighted by Gasteiger charge is 2.40. The van der Waals surface area contributed by atoms with E-state index in [9.17, 15) is 19.5 Å². The number of ether oxygens (including phenoxy) is 2. The first-order chi connectivity index (χ1) is 16.9. The fourth-order valence-electron chi connectivity index (χ4n) is 5.08. The molecule has 186 valence electrons. The molecule has 8 heteroatoms. The number of alkyl carbamates (subject to hydrolysis) is 1. The van der Waals surface area contributed by atoms with Gasteiger partial charge in [0.1, 0.15) is 12.6 Å². The van der Waals surface area contributed by atoms with Crippen LogP contribution in [0.3, 0.4) is 0 Å². The molecule has 1 unspecified atom stereocenters. The second kappa shape index (κ2) is 10.9. The smallest absolute Gasteiger partial charge is 0.407 e. The Bertz CT molecular complexity index is 1040. The van der Waals surface area contributed by atoms with Crippen LogP contribution in [-0.4, -0.2) is 56.0 Å². The number of amides is 2. The van der Waals surface area contributed by atoms with Gasteiger partial charge in [-0.25, -0.2) is 9.59 Å². The topological polar surface area (TPSA) is 114 Å². The molecule has 35 heavy (non-hydrogen) atoms. The van der Waals surface area contributed by atoms with Gasteiger partial charge in [0, 0.05) is 39.0 Å². The molecule has 1 atom stereocenters. The quantitative estimate of drug-likeness (QED) is 0.452. The number of rotatable bonds is 11. The molecule has 0 spiro atoms. The van der Waals surface area contributed by atoms with Gasteiger partial charge in [-0.3, -0.25) is 4.79 Å². The van der Waals surface area contributed by atoms with Crippen LogP contribution < -0.4 is 10.6 Å². The summed E-state index contributed by atoms with van der Waals surface area (Å²) in [7, 11) is 1.49. The van der Waals surface area contributed by atoms with Gasteiger partial charge in [0.15, 0.2) is 0 Å². The van der Waals surface area contributed by atoms with Gasteiger partial charge in [-0.2, -0.15) is 0 Å². The fourth-order valence-corrected chi connectivity index (χ4v) is 5.08. The normalized spacial score (nSPS) is 16.4. The zero-order chi connectivity index (χ0) is 24.8. The van der Waals surface area contributed by atoms with E-state index in [4.69, 9.17) is 9.47 Å². The maximum atomic E-state index is 12.6. The van der Waals surface area contributed by atoms with Gasteiger partial charge in [-0.15, -0.1) is 0 Å². The van der Waals surface area contributed by atoms with Gasteiger partial charge in [-0.1, -0.05) is 55.0 Å². The molecule has 2 amide bonds. The zero-order valence-electron chi connectivity index (χ0n) is 19.9. The van der Waals surface area contributed by atoms with Crippen LogP contribution in [0.1, 0.15) is 49.1 Å². The Hall–Kier alpha value is -3.39. The molecule has 2 aromatic carbocycles. The van der Waals surface area contributed by atoms with E-state index in [-0.39, 0.29) is 43.3 Å². The van der Waals surface area contributed by atoms with E-state index in [0.717, 1.165) is 30.4 Å². The number of hydrogen-bond acceptors (Lipinski definition) is 5. The van der Waals surface area contributed by atoms with E-state index in [1.165, 1.54) is 18.2 Å².